The first kappa shape index (κ1) is 19.9. The molecular weight excluding hydrogens is 368 g/mol. The molecule has 0 heterocycles. The van der Waals surface area contributed by atoms with Crippen molar-refractivity contribution in [3.05, 3.63) is 29.6 Å². The molecular formula is C18H22F4N2O3. The molecule has 0 spiro atoms. The van der Waals surface area contributed by atoms with E-state index >= 15 is 0 Å². The van der Waals surface area contributed by atoms with Gasteiger partial charge in [-0.25, -0.2) is 4.39 Å². The van der Waals surface area contributed by atoms with Gasteiger partial charge in [-0.1, -0.05) is 6.07 Å². The van der Waals surface area contributed by atoms with E-state index in [0.29, 0.717) is 18.8 Å². The van der Waals surface area contributed by atoms with E-state index < -0.39 is 23.9 Å². The van der Waals surface area contributed by atoms with E-state index in [1.807, 2.05) is 4.90 Å². The molecule has 1 aromatic rings. The number of aliphatic carboxylic acids is 1. The summed E-state index contributed by atoms with van der Waals surface area (Å²) in [4.78, 5) is 13.0. The van der Waals surface area contributed by atoms with E-state index in [1.54, 1.807) is 0 Å². The number of halogens is 4. The van der Waals surface area contributed by atoms with Crippen LogP contribution in [0.15, 0.2) is 18.2 Å². The molecule has 0 aliphatic heterocycles. The summed E-state index contributed by atoms with van der Waals surface area (Å²) in [6, 6.07) is 3.48. The van der Waals surface area contributed by atoms with Crippen LogP contribution in [0, 0.1) is 11.7 Å². The van der Waals surface area contributed by atoms with E-state index in [9.17, 15) is 22.4 Å². The van der Waals surface area contributed by atoms with Gasteiger partial charge in [0.05, 0.1) is 6.54 Å². The highest BCUT2D eigenvalue weighted by Gasteiger charge is 2.37. The van der Waals surface area contributed by atoms with Crippen LogP contribution < -0.4 is 10.1 Å². The molecule has 2 aliphatic carbocycles. The second kappa shape index (κ2) is 8.02. The maximum absolute atomic E-state index is 13.9. The van der Waals surface area contributed by atoms with Crippen molar-refractivity contribution in [3.63, 3.8) is 0 Å². The van der Waals surface area contributed by atoms with Crippen molar-refractivity contribution in [1.82, 2.24) is 10.2 Å². The first-order chi connectivity index (χ1) is 12.7. The number of hydrogen-bond donors (Lipinski definition) is 2. The second-order valence-corrected chi connectivity index (χ2v) is 7.23. The second-order valence-electron chi connectivity index (χ2n) is 7.23. The summed E-state index contributed by atoms with van der Waals surface area (Å²) in [7, 11) is 0. The smallest absolute Gasteiger partial charge is 0.480 e. The molecule has 0 saturated heterocycles. The fourth-order valence-electron chi connectivity index (χ4n) is 3.38. The van der Waals surface area contributed by atoms with Crippen LogP contribution in [-0.2, 0) is 11.3 Å². The topological polar surface area (TPSA) is 61.8 Å². The summed E-state index contributed by atoms with van der Waals surface area (Å²) in [6.07, 6.45) is -1.27. The average molecular weight is 390 g/mol. The summed E-state index contributed by atoms with van der Waals surface area (Å²) >= 11 is 0. The van der Waals surface area contributed by atoms with Crippen LogP contribution in [0.2, 0.25) is 0 Å². The number of ether oxygens (including phenoxy) is 1. The number of carbonyl (C=O) groups is 1. The van der Waals surface area contributed by atoms with Gasteiger partial charge in [0.25, 0.3) is 0 Å². The van der Waals surface area contributed by atoms with Gasteiger partial charge in [0.15, 0.2) is 0 Å². The quantitative estimate of drug-likeness (QED) is 0.635. The number of benzene rings is 1. The third kappa shape index (κ3) is 5.80. The zero-order valence-electron chi connectivity index (χ0n) is 14.6. The Morgan fingerprint density at radius 1 is 1.30 bits per heavy atom. The Balaban J connectivity index is 1.52. The molecule has 2 N–H and O–H groups in total. The Hall–Kier alpha value is -1.87. The minimum Gasteiger partial charge on any atom is -0.480 e. The van der Waals surface area contributed by atoms with Crippen molar-refractivity contribution in [2.24, 2.45) is 5.92 Å². The van der Waals surface area contributed by atoms with Crippen molar-refractivity contribution in [2.45, 2.75) is 50.7 Å². The lowest BCUT2D eigenvalue weighted by molar-refractivity contribution is -0.275. The van der Waals surface area contributed by atoms with Crippen molar-refractivity contribution in [2.75, 3.05) is 13.1 Å². The van der Waals surface area contributed by atoms with Gasteiger partial charge in [0, 0.05) is 30.7 Å². The van der Waals surface area contributed by atoms with E-state index in [-0.39, 0.29) is 30.7 Å². The lowest BCUT2D eigenvalue weighted by atomic mass is 9.85. The maximum atomic E-state index is 13.9. The first-order valence-electron chi connectivity index (χ1n) is 8.93. The Labute approximate surface area is 154 Å². The molecule has 2 saturated carbocycles. The number of nitrogens with one attached hydrogen (secondary N) is 1. The maximum Gasteiger partial charge on any atom is 0.573 e. The standard InChI is InChI=1S/C18H22F4N2O3/c19-15-2-1-3-16(27-18(20,21)22)14(15)8-23-12-6-13(7-12)24(10-17(25)26)9-11-4-5-11/h1-3,11-13,23H,4-10H2,(H,25,26). The minimum absolute atomic E-state index is 0.00356. The molecule has 0 radical (unpaired) electrons. The number of rotatable bonds is 9. The highest BCUT2D eigenvalue weighted by molar-refractivity contribution is 5.69. The third-order valence-corrected chi connectivity index (χ3v) is 5.03. The number of hydrogen-bond acceptors (Lipinski definition) is 4. The molecule has 2 fully saturated rings. The Morgan fingerprint density at radius 3 is 2.59 bits per heavy atom. The summed E-state index contributed by atoms with van der Waals surface area (Å²) in [6.45, 7) is 0.669. The molecule has 1 aromatic carbocycles. The molecule has 0 aromatic heterocycles. The molecule has 0 atom stereocenters. The summed E-state index contributed by atoms with van der Waals surface area (Å²) in [5.74, 6) is -1.61. The molecule has 0 bridgehead atoms. The molecule has 2 aliphatic rings. The van der Waals surface area contributed by atoms with E-state index in [0.717, 1.165) is 31.5 Å². The molecule has 3 rings (SSSR count). The fourth-order valence-corrected chi connectivity index (χ4v) is 3.38. The molecule has 150 valence electrons. The number of alkyl halides is 3. The van der Waals surface area contributed by atoms with Gasteiger partial charge in [-0.3, -0.25) is 9.69 Å². The van der Waals surface area contributed by atoms with Crippen molar-refractivity contribution in [1.29, 1.82) is 0 Å². The largest absolute Gasteiger partial charge is 0.573 e. The minimum atomic E-state index is -4.88. The van der Waals surface area contributed by atoms with Crippen LogP contribution in [-0.4, -0.2) is 47.5 Å². The van der Waals surface area contributed by atoms with Crippen molar-refractivity contribution >= 4 is 5.97 Å². The lowest BCUT2D eigenvalue weighted by Gasteiger charge is -2.43. The predicted octanol–water partition coefficient (Wildman–Crippen LogP) is 3.14. The molecule has 9 heteroatoms. The molecule has 0 amide bonds. The van der Waals surface area contributed by atoms with Crippen LogP contribution in [0.5, 0.6) is 5.75 Å². The van der Waals surface area contributed by atoms with Crippen molar-refractivity contribution in [3.8, 4) is 5.75 Å². The fraction of sp³-hybridized carbons (Fsp3) is 0.611. The van der Waals surface area contributed by atoms with Crippen LogP contribution in [0.4, 0.5) is 17.6 Å². The SMILES string of the molecule is O=C(O)CN(CC1CC1)C1CC(NCc2c(F)cccc2OC(F)(F)F)C1. The van der Waals surface area contributed by atoms with E-state index in [1.165, 1.54) is 6.07 Å². The van der Waals surface area contributed by atoms with Gasteiger partial charge in [-0.15, -0.1) is 13.2 Å². The van der Waals surface area contributed by atoms with Gasteiger partial charge in [-0.05, 0) is 43.7 Å². The summed E-state index contributed by atoms with van der Waals surface area (Å²) in [5, 5.41) is 12.1. The monoisotopic (exact) mass is 390 g/mol. The summed E-state index contributed by atoms with van der Waals surface area (Å²) in [5.41, 5.74) is -0.168. The first-order valence-corrected chi connectivity index (χ1v) is 8.93. The Morgan fingerprint density at radius 2 is 2.00 bits per heavy atom. The zero-order chi connectivity index (χ0) is 19.6. The van der Waals surface area contributed by atoms with Crippen LogP contribution in [0.3, 0.4) is 0 Å². The van der Waals surface area contributed by atoms with Crippen LogP contribution in [0.25, 0.3) is 0 Å². The van der Waals surface area contributed by atoms with Gasteiger partial charge in [-0.2, -0.15) is 0 Å². The van der Waals surface area contributed by atoms with Crippen molar-refractivity contribution < 1.29 is 32.2 Å². The van der Waals surface area contributed by atoms with E-state index in [2.05, 4.69) is 10.1 Å². The van der Waals surface area contributed by atoms with Gasteiger partial charge in [0.1, 0.15) is 11.6 Å². The number of carboxylic acid groups (broad SMARTS) is 1. The number of nitrogens with zero attached hydrogens (tertiary/aromatic N) is 1. The summed E-state index contributed by atoms with van der Waals surface area (Å²) < 4.78 is 55.2. The van der Waals surface area contributed by atoms with Crippen LogP contribution >= 0.6 is 0 Å². The van der Waals surface area contributed by atoms with Gasteiger partial charge < -0.3 is 15.2 Å². The molecule has 0 unspecified atom stereocenters. The van der Waals surface area contributed by atoms with E-state index in [4.69, 9.17) is 5.11 Å². The predicted molar refractivity (Wildman–Crippen MR) is 88.7 cm³/mol. The average Bonchev–Trinajstić information content (AvgIpc) is 3.29. The number of carboxylic acids is 1. The normalized spacial score (nSPS) is 22.6. The highest BCUT2D eigenvalue weighted by Crippen LogP contribution is 2.34. The lowest BCUT2D eigenvalue weighted by Crippen LogP contribution is -2.54. The molecule has 5 nitrogen and oxygen atoms in total. The molecule has 27 heavy (non-hydrogen) atoms. The Bertz CT molecular complexity index is 673. The Kier molecular flexibility index (Phi) is 5.90. The van der Waals surface area contributed by atoms with Crippen LogP contribution in [0.1, 0.15) is 31.2 Å². The van der Waals surface area contributed by atoms with Gasteiger partial charge in [0.2, 0.25) is 0 Å². The van der Waals surface area contributed by atoms with Gasteiger partial charge >= 0.3 is 12.3 Å². The zero-order valence-corrected chi connectivity index (χ0v) is 14.6. The third-order valence-electron chi connectivity index (χ3n) is 5.03. The highest BCUT2D eigenvalue weighted by atomic mass is 19.4.